The molecule has 0 atom stereocenters. The van der Waals surface area contributed by atoms with Crippen molar-refractivity contribution in [2.45, 2.75) is 19.5 Å². The normalized spacial score (nSPS) is 14.3. The van der Waals surface area contributed by atoms with Gasteiger partial charge in [-0.2, -0.15) is 0 Å². The van der Waals surface area contributed by atoms with Crippen LogP contribution in [-0.4, -0.2) is 28.1 Å². The maximum Gasteiger partial charge on any atom is 0.140 e. The fourth-order valence-corrected chi connectivity index (χ4v) is 3.51. The summed E-state index contributed by atoms with van der Waals surface area (Å²) in [6.45, 7) is 2.94. The van der Waals surface area contributed by atoms with Gasteiger partial charge < -0.3 is 9.30 Å². The Morgan fingerprint density at radius 3 is 2.52 bits per heavy atom. The topological polar surface area (TPSA) is 30.3 Å². The fourth-order valence-electron chi connectivity index (χ4n) is 3.51. The largest absolute Gasteiger partial charge is 0.497 e. The van der Waals surface area contributed by atoms with Crippen LogP contribution in [0.3, 0.4) is 0 Å². The van der Waals surface area contributed by atoms with E-state index in [9.17, 15) is 0 Å². The third-order valence-electron chi connectivity index (χ3n) is 4.93. The van der Waals surface area contributed by atoms with E-state index in [-0.39, 0.29) is 0 Å². The SMILES string of the molecule is COc1ccc(CN2CCc3nc(-c4ccccc4)n(C)c3C2)cc1. The van der Waals surface area contributed by atoms with Crippen LogP contribution in [0.15, 0.2) is 54.6 Å². The third-order valence-corrected chi connectivity index (χ3v) is 4.93. The minimum Gasteiger partial charge on any atom is -0.497 e. The molecule has 0 amide bonds. The van der Waals surface area contributed by atoms with Gasteiger partial charge in [0.05, 0.1) is 18.5 Å². The molecule has 1 aliphatic rings. The highest BCUT2D eigenvalue weighted by molar-refractivity contribution is 5.56. The van der Waals surface area contributed by atoms with E-state index in [1.807, 2.05) is 18.2 Å². The number of ether oxygens (including phenoxy) is 1. The Labute approximate surface area is 148 Å². The Morgan fingerprint density at radius 2 is 1.80 bits per heavy atom. The minimum absolute atomic E-state index is 0.906. The summed E-state index contributed by atoms with van der Waals surface area (Å²) in [5, 5.41) is 0. The number of aromatic nitrogens is 2. The minimum atomic E-state index is 0.906. The van der Waals surface area contributed by atoms with Gasteiger partial charge in [0.15, 0.2) is 0 Å². The predicted molar refractivity (Wildman–Crippen MR) is 99.5 cm³/mol. The van der Waals surface area contributed by atoms with Crippen molar-refractivity contribution < 1.29 is 4.74 Å². The first-order chi connectivity index (χ1) is 12.2. The van der Waals surface area contributed by atoms with Crippen molar-refractivity contribution in [2.24, 2.45) is 7.05 Å². The summed E-state index contributed by atoms with van der Waals surface area (Å²) in [6, 6.07) is 18.8. The van der Waals surface area contributed by atoms with E-state index in [0.29, 0.717) is 0 Å². The maximum absolute atomic E-state index is 5.24. The van der Waals surface area contributed by atoms with Crippen LogP contribution >= 0.6 is 0 Å². The van der Waals surface area contributed by atoms with Gasteiger partial charge in [-0.05, 0) is 17.7 Å². The average Bonchev–Trinajstić information content (AvgIpc) is 2.99. The van der Waals surface area contributed by atoms with Gasteiger partial charge in [0.25, 0.3) is 0 Å². The molecule has 4 rings (SSSR count). The number of hydrogen-bond donors (Lipinski definition) is 0. The Morgan fingerprint density at radius 1 is 1.04 bits per heavy atom. The van der Waals surface area contributed by atoms with Gasteiger partial charge in [-0.15, -0.1) is 0 Å². The molecule has 0 bridgehead atoms. The highest BCUT2D eigenvalue weighted by atomic mass is 16.5. The zero-order chi connectivity index (χ0) is 17.2. The van der Waals surface area contributed by atoms with Crippen molar-refractivity contribution in [1.82, 2.24) is 14.5 Å². The van der Waals surface area contributed by atoms with Gasteiger partial charge in [0.1, 0.15) is 11.6 Å². The molecule has 0 aliphatic carbocycles. The van der Waals surface area contributed by atoms with Crippen LogP contribution in [-0.2, 0) is 26.6 Å². The molecule has 128 valence electrons. The lowest BCUT2D eigenvalue weighted by Gasteiger charge is -2.27. The zero-order valence-electron chi connectivity index (χ0n) is 14.8. The fraction of sp³-hybridized carbons (Fsp3) is 0.286. The van der Waals surface area contributed by atoms with E-state index in [1.54, 1.807) is 7.11 Å². The first-order valence-corrected chi connectivity index (χ1v) is 8.70. The van der Waals surface area contributed by atoms with E-state index in [0.717, 1.165) is 37.6 Å². The summed E-state index contributed by atoms with van der Waals surface area (Å²) >= 11 is 0. The average molecular weight is 333 g/mol. The van der Waals surface area contributed by atoms with Crippen molar-refractivity contribution in [3.63, 3.8) is 0 Å². The second-order valence-corrected chi connectivity index (χ2v) is 6.56. The molecule has 1 aliphatic heterocycles. The molecule has 0 N–H and O–H groups in total. The van der Waals surface area contributed by atoms with Crippen molar-refractivity contribution >= 4 is 0 Å². The molecule has 0 radical (unpaired) electrons. The first kappa shape index (κ1) is 15.9. The monoisotopic (exact) mass is 333 g/mol. The molecule has 4 heteroatoms. The summed E-state index contributed by atoms with van der Waals surface area (Å²) < 4.78 is 7.50. The van der Waals surface area contributed by atoms with Crippen LogP contribution in [0.5, 0.6) is 5.75 Å². The molecule has 0 saturated heterocycles. The smallest absolute Gasteiger partial charge is 0.140 e. The van der Waals surface area contributed by atoms with Crippen molar-refractivity contribution in [3.8, 4) is 17.1 Å². The van der Waals surface area contributed by atoms with Gasteiger partial charge in [0.2, 0.25) is 0 Å². The lowest BCUT2D eigenvalue weighted by Crippen LogP contribution is -2.31. The van der Waals surface area contributed by atoms with E-state index in [4.69, 9.17) is 9.72 Å². The van der Waals surface area contributed by atoms with Crippen molar-refractivity contribution in [3.05, 3.63) is 71.5 Å². The number of rotatable bonds is 4. The van der Waals surface area contributed by atoms with Crippen LogP contribution in [0, 0.1) is 0 Å². The number of fused-ring (bicyclic) bond motifs is 1. The number of imidazole rings is 1. The molecule has 0 unspecified atom stereocenters. The van der Waals surface area contributed by atoms with Crippen LogP contribution in [0.1, 0.15) is 17.0 Å². The Balaban J connectivity index is 1.53. The van der Waals surface area contributed by atoms with Gasteiger partial charge >= 0.3 is 0 Å². The molecular formula is C21H23N3O. The molecule has 25 heavy (non-hydrogen) atoms. The van der Waals surface area contributed by atoms with Gasteiger partial charge in [-0.1, -0.05) is 42.5 Å². The molecule has 0 fully saturated rings. The van der Waals surface area contributed by atoms with Crippen LogP contribution in [0.2, 0.25) is 0 Å². The standard InChI is InChI=1S/C21H23N3O/c1-23-20-15-24(14-16-8-10-18(25-2)11-9-16)13-12-19(20)22-21(23)17-6-4-3-5-7-17/h3-11H,12-15H2,1-2H3. The summed E-state index contributed by atoms with van der Waals surface area (Å²) in [5.74, 6) is 1.97. The molecular weight excluding hydrogens is 310 g/mol. The van der Waals surface area contributed by atoms with Crippen LogP contribution in [0.4, 0.5) is 0 Å². The quantitative estimate of drug-likeness (QED) is 0.730. The molecule has 4 nitrogen and oxygen atoms in total. The van der Waals surface area contributed by atoms with Crippen molar-refractivity contribution in [2.75, 3.05) is 13.7 Å². The summed E-state index contributed by atoms with van der Waals surface area (Å²) in [7, 11) is 3.83. The molecule has 2 heterocycles. The third kappa shape index (κ3) is 3.17. The second-order valence-electron chi connectivity index (χ2n) is 6.56. The second kappa shape index (κ2) is 6.73. The predicted octanol–water partition coefficient (Wildman–Crippen LogP) is 3.65. The maximum atomic E-state index is 5.24. The Hall–Kier alpha value is -2.59. The van der Waals surface area contributed by atoms with E-state index in [2.05, 4.69) is 52.9 Å². The molecule has 1 aromatic heterocycles. The molecule has 0 spiro atoms. The summed E-state index contributed by atoms with van der Waals surface area (Å²) in [5.41, 5.74) is 5.07. The number of methoxy groups -OCH3 is 1. The van der Waals surface area contributed by atoms with E-state index >= 15 is 0 Å². The van der Waals surface area contributed by atoms with Crippen molar-refractivity contribution in [1.29, 1.82) is 0 Å². The Kier molecular flexibility index (Phi) is 4.28. The van der Waals surface area contributed by atoms with Gasteiger partial charge in [-0.3, -0.25) is 4.90 Å². The molecule has 3 aromatic rings. The highest BCUT2D eigenvalue weighted by Gasteiger charge is 2.23. The molecule has 0 saturated carbocycles. The zero-order valence-corrected chi connectivity index (χ0v) is 14.8. The lowest BCUT2D eigenvalue weighted by atomic mass is 10.1. The van der Waals surface area contributed by atoms with Gasteiger partial charge in [0, 0.05) is 38.7 Å². The summed E-state index contributed by atoms with van der Waals surface area (Å²) in [4.78, 5) is 7.39. The molecule has 2 aromatic carbocycles. The number of hydrogen-bond acceptors (Lipinski definition) is 3. The lowest BCUT2D eigenvalue weighted by molar-refractivity contribution is 0.238. The highest BCUT2D eigenvalue weighted by Crippen LogP contribution is 2.26. The van der Waals surface area contributed by atoms with E-state index in [1.165, 1.54) is 22.5 Å². The van der Waals surface area contributed by atoms with Gasteiger partial charge in [-0.25, -0.2) is 4.98 Å². The van der Waals surface area contributed by atoms with Crippen LogP contribution in [0.25, 0.3) is 11.4 Å². The summed E-state index contributed by atoms with van der Waals surface area (Å²) in [6.07, 6.45) is 1.01. The Bertz CT molecular complexity index is 853. The number of benzene rings is 2. The van der Waals surface area contributed by atoms with Crippen LogP contribution < -0.4 is 4.74 Å². The van der Waals surface area contributed by atoms with E-state index < -0.39 is 0 Å². The number of nitrogens with zero attached hydrogens (tertiary/aromatic N) is 3. The first-order valence-electron chi connectivity index (χ1n) is 8.70.